The number of alkyl halides is 1. The minimum absolute atomic E-state index is 0. The van der Waals surface area contributed by atoms with Gasteiger partial charge < -0.3 is 4.98 Å². The van der Waals surface area contributed by atoms with Crippen molar-refractivity contribution in [2.75, 3.05) is 0 Å². The second-order valence-corrected chi connectivity index (χ2v) is 1.96. The van der Waals surface area contributed by atoms with E-state index in [1.54, 1.807) is 6.20 Å². The van der Waals surface area contributed by atoms with Crippen molar-refractivity contribution in [2.24, 2.45) is 0 Å². The summed E-state index contributed by atoms with van der Waals surface area (Å²) in [5.41, 5.74) is 0.844. The van der Waals surface area contributed by atoms with E-state index in [1.807, 2.05) is 0 Å². The van der Waals surface area contributed by atoms with Crippen molar-refractivity contribution < 1.29 is 0 Å². The van der Waals surface area contributed by atoms with Crippen molar-refractivity contribution in [3.63, 3.8) is 0 Å². The van der Waals surface area contributed by atoms with E-state index in [0.29, 0.717) is 11.2 Å². The Bertz CT molecular complexity index is 174. The van der Waals surface area contributed by atoms with Gasteiger partial charge in [0, 0.05) is 0 Å². The minimum atomic E-state index is 0. The lowest BCUT2D eigenvalue weighted by Crippen LogP contribution is -1.71. The molecule has 0 unspecified atom stereocenters. The van der Waals surface area contributed by atoms with Gasteiger partial charge in [-0.25, -0.2) is 4.98 Å². The fourth-order valence-electron chi connectivity index (χ4n) is 0.400. The second-order valence-electron chi connectivity index (χ2n) is 1.33. The molecule has 2 nitrogen and oxygen atoms in total. The Hall–Kier alpha value is 0.0800. The van der Waals surface area contributed by atoms with Crippen LogP contribution < -0.4 is 0 Å². The zero-order valence-corrected chi connectivity index (χ0v) is 6.72. The van der Waals surface area contributed by atoms with Gasteiger partial charge in [-0.2, -0.15) is 0 Å². The van der Waals surface area contributed by atoms with E-state index < -0.39 is 0 Å². The monoisotopic (exact) mass is 186 g/mol. The molecule has 0 aliphatic rings. The molecular formula is C4H5Cl3N2. The zero-order valence-electron chi connectivity index (χ0n) is 4.40. The lowest BCUT2D eigenvalue weighted by molar-refractivity contribution is 1.22. The van der Waals surface area contributed by atoms with Crippen molar-refractivity contribution >= 4 is 35.6 Å². The van der Waals surface area contributed by atoms with Crippen LogP contribution in [0.1, 0.15) is 5.69 Å². The van der Waals surface area contributed by atoms with E-state index in [4.69, 9.17) is 23.2 Å². The lowest BCUT2D eigenvalue weighted by Gasteiger charge is -1.79. The van der Waals surface area contributed by atoms with Crippen LogP contribution in [0.2, 0.25) is 5.28 Å². The summed E-state index contributed by atoms with van der Waals surface area (Å²) in [4.78, 5) is 6.46. The van der Waals surface area contributed by atoms with Gasteiger partial charge in [-0.3, -0.25) is 0 Å². The molecular weight excluding hydrogens is 182 g/mol. The number of imidazole rings is 1. The van der Waals surface area contributed by atoms with Crippen molar-refractivity contribution in [2.45, 2.75) is 5.88 Å². The molecule has 0 amide bonds. The van der Waals surface area contributed by atoms with Crippen molar-refractivity contribution in [3.05, 3.63) is 17.2 Å². The number of H-pyrrole nitrogens is 1. The van der Waals surface area contributed by atoms with Crippen LogP contribution in [0.25, 0.3) is 0 Å². The quantitative estimate of drug-likeness (QED) is 0.671. The average molecular weight is 187 g/mol. The molecule has 0 bridgehead atoms. The molecule has 0 spiro atoms. The molecule has 0 aromatic carbocycles. The predicted octanol–water partition coefficient (Wildman–Crippen LogP) is 2.22. The van der Waals surface area contributed by atoms with Gasteiger partial charge in [0.1, 0.15) is 0 Å². The standard InChI is InChI=1S/C4H4Cl2N2.ClH/c5-1-3-2-7-4(6)8-3;/h2H,1H2,(H,7,8);1H. The molecule has 1 N–H and O–H groups in total. The summed E-state index contributed by atoms with van der Waals surface area (Å²) >= 11 is 10.8. The highest BCUT2D eigenvalue weighted by molar-refractivity contribution is 6.28. The molecule has 0 atom stereocenters. The first-order valence-electron chi connectivity index (χ1n) is 2.08. The summed E-state index contributed by atoms with van der Waals surface area (Å²) < 4.78 is 0. The minimum Gasteiger partial charge on any atom is -0.331 e. The highest BCUT2D eigenvalue weighted by atomic mass is 35.5. The van der Waals surface area contributed by atoms with Crippen LogP contribution in [0.5, 0.6) is 0 Å². The molecule has 0 aliphatic heterocycles. The second kappa shape index (κ2) is 3.99. The molecule has 5 heteroatoms. The molecule has 0 aliphatic carbocycles. The highest BCUT2D eigenvalue weighted by Gasteiger charge is 1.92. The van der Waals surface area contributed by atoms with Crippen molar-refractivity contribution in [1.29, 1.82) is 0 Å². The summed E-state index contributed by atoms with van der Waals surface area (Å²) in [6.45, 7) is 0. The third kappa shape index (κ3) is 2.43. The lowest BCUT2D eigenvalue weighted by atomic mass is 10.6. The first kappa shape index (κ1) is 9.08. The van der Waals surface area contributed by atoms with Crippen LogP contribution >= 0.6 is 35.6 Å². The van der Waals surface area contributed by atoms with E-state index in [1.165, 1.54) is 0 Å². The molecule has 0 fully saturated rings. The number of halogens is 3. The average Bonchev–Trinajstić information content (AvgIpc) is 2.14. The number of hydrogen-bond donors (Lipinski definition) is 1. The van der Waals surface area contributed by atoms with Crippen LogP contribution in [0.3, 0.4) is 0 Å². The third-order valence-corrected chi connectivity index (χ3v) is 1.22. The highest BCUT2D eigenvalue weighted by Crippen LogP contribution is 2.03. The topological polar surface area (TPSA) is 28.7 Å². The molecule has 0 radical (unpaired) electrons. The Balaban J connectivity index is 0.000000640. The van der Waals surface area contributed by atoms with Crippen LogP contribution in [-0.2, 0) is 5.88 Å². The van der Waals surface area contributed by atoms with Gasteiger partial charge in [-0.15, -0.1) is 24.0 Å². The molecule has 9 heavy (non-hydrogen) atoms. The smallest absolute Gasteiger partial charge is 0.200 e. The Morgan fingerprint density at radius 3 is 2.56 bits per heavy atom. The molecule has 1 rings (SSSR count). The maximum absolute atomic E-state index is 5.41. The first-order valence-corrected chi connectivity index (χ1v) is 2.99. The summed E-state index contributed by atoms with van der Waals surface area (Å²) in [7, 11) is 0. The van der Waals surface area contributed by atoms with Crippen molar-refractivity contribution in [1.82, 2.24) is 9.97 Å². The Labute approximate surface area is 69.0 Å². The van der Waals surface area contributed by atoms with E-state index >= 15 is 0 Å². The largest absolute Gasteiger partial charge is 0.331 e. The number of nitrogens with one attached hydrogen (secondary N) is 1. The number of nitrogens with zero attached hydrogens (tertiary/aromatic N) is 1. The molecule has 0 saturated carbocycles. The Morgan fingerprint density at radius 2 is 2.33 bits per heavy atom. The van der Waals surface area contributed by atoms with Gasteiger partial charge in [0.2, 0.25) is 0 Å². The van der Waals surface area contributed by atoms with E-state index in [-0.39, 0.29) is 12.4 Å². The summed E-state index contributed by atoms with van der Waals surface area (Å²) in [5.74, 6) is 0.430. The number of rotatable bonds is 1. The summed E-state index contributed by atoms with van der Waals surface area (Å²) in [5, 5.41) is 0.389. The van der Waals surface area contributed by atoms with Crippen LogP contribution in [0.15, 0.2) is 6.20 Å². The zero-order chi connectivity index (χ0) is 5.98. The van der Waals surface area contributed by atoms with E-state index in [0.717, 1.165) is 5.69 Å². The predicted molar refractivity (Wildman–Crippen MR) is 40.4 cm³/mol. The SMILES string of the molecule is Cl.ClCc1cnc(Cl)[nH]1. The van der Waals surface area contributed by atoms with Gasteiger partial charge >= 0.3 is 0 Å². The van der Waals surface area contributed by atoms with Gasteiger partial charge in [0.15, 0.2) is 5.28 Å². The third-order valence-electron chi connectivity index (χ3n) is 0.741. The van der Waals surface area contributed by atoms with Crippen LogP contribution in [0.4, 0.5) is 0 Å². The van der Waals surface area contributed by atoms with Gasteiger partial charge in [-0.05, 0) is 11.6 Å². The maximum Gasteiger partial charge on any atom is 0.200 e. The maximum atomic E-state index is 5.41. The molecule has 1 aromatic rings. The fourth-order valence-corrected chi connectivity index (χ4v) is 0.706. The van der Waals surface area contributed by atoms with Gasteiger partial charge in [0.25, 0.3) is 0 Å². The summed E-state index contributed by atoms with van der Waals surface area (Å²) in [6.07, 6.45) is 1.61. The van der Waals surface area contributed by atoms with Crippen LogP contribution in [-0.4, -0.2) is 9.97 Å². The number of aromatic nitrogens is 2. The Morgan fingerprint density at radius 1 is 1.67 bits per heavy atom. The van der Waals surface area contributed by atoms with Crippen LogP contribution in [0, 0.1) is 0 Å². The van der Waals surface area contributed by atoms with Gasteiger partial charge in [-0.1, -0.05) is 0 Å². The number of hydrogen-bond acceptors (Lipinski definition) is 1. The first-order chi connectivity index (χ1) is 3.83. The van der Waals surface area contributed by atoms with Crippen molar-refractivity contribution in [3.8, 4) is 0 Å². The Kier molecular flexibility index (Phi) is 4.02. The molecule has 0 saturated heterocycles. The number of aromatic amines is 1. The van der Waals surface area contributed by atoms with E-state index in [9.17, 15) is 0 Å². The van der Waals surface area contributed by atoms with E-state index in [2.05, 4.69) is 9.97 Å². The molecule has 1 heterocycles. The normalized spacial score (nSPS) is 8.67. The molecule has 1 aromatic heterocycles. The fraction of sp³-hybridized carbons (Fsp3) is 0.250. The van der Waals surface area contributed by atoms with Gasteiger partial charge in [0.05, 0.1) is 17.8 Å². The molecule has 52 valence electrons. The summed E-state index contributed by atoms with van der Waals surface area (Å²) in [6, 6.07) is 0.